The van der Waals surface area contributed by atoms with Crippen molar-refractivity contribution < 1.29 is 14.5 Å². The fourth-order valence-corrected chi connectivity index (χ4v) is 3.50. The number of nitro groups is 1. The van der Waals surface area contributed by atoms with Crippen LogP contribution in [0.5, 0.6) is 0 Å². The Balaban J connectivity index is 2.43. The summed E-state index contributed by atoms with van der Waals surface area (Å²) >= 11 is 0. The highest BCUT2D eigenvalue weighted by molar-refractivity contribution is 5.78. The lowest BCUT2D eigenvalue weighted by atomic mass is 9.63. The first-order chi connectivity index (χ1) is 10.6. The molecule has 1 aliphatic carbocycles. The van der Waals surface area contributed by atoms with Gasteiger partial charge in [0.05, 0.1) is 17.9 Å². The zero-order valence-corrected chi connectivity index (χ0v) is 12.9. The van der Waals surface area contributed by atoms with E-state index in [1.807, 2.05) is 0 Å². The van der Waals surface area contributed by atoms with Crippen LogP contribution in [0.4, 0.5) is 0 Å². The summed E-state index contributed by atoms with van der Waals surface area (Å²) in [6.45, 7) is 1.80. The summed E-state index contributed by atoms with van der Waals surface area (Å²) < 4.78 is 5.29. The monoisotopic (exact) mass is 306 g/mol. The van der Waals surface area contributed by atoms with Crippen molar-refractivity contribution in [2.45, 2.75) is 44.9 Å². The summed E-state index contributed by atoms with van der Waals surface area (Å²) in [5.41, 5.74) is 0.00419. The average molecular weight is 306 g/mol. The molecular formula is C16H22N2O4. The maximum atomic E-state index is 12.7. The SMILES string of the molecule is CCOC(=O)C1(C(C[N+](=O)[O-])c2ccncc2)CCCCC1. The van der Waals surface area contributed by atoms with Gasteiger partial charge in [0.25, 0.3) is 0 Å². The molecule has 2 rings (SSSR count). The fraction of sp³-hybridized carbons (Fsp3) is 0.625. The molecule has 0 radical (unpaired) electrons. The van der Waals surface area contributed by atoms with E-state index in [0.717, 1.165) is 24.8 Å². The van der Waals surface area contributed by atoms with Crippen molar-refractivity contribution in [3.63, 3.8) is 0 Å². The maximum absolute atomic E-state index is 12.7. The van der Waals surface area contributed by atoms with E-state index in [-0.39, 0.29) is 17.4 Å². The van der Waals surface area contributed by atoms with Gasteiger partial charge >= 0.3 is 5.97 Å². The van der Waals surface area contributed by atoms with Gasteiger partial charge in [0, 0.05) is 17.3 Å². The van der Waals surface area contributed by atoms with Gasteiger partial charge in [-0.25, -0.2) is 0 Å². The Kier molecular flexibility index (Phi) is 5.46. The second-order valence-corrected chi connectivity index (χ2v) is 5.79. The van der Waals surface area contributed by atoms with Crippen LogP contribution in [-0.2, 0) is 9.53 Å². The largest absolute Gasteiger partial charge is 0.466 e. The third-order valence-electron chi connectivity index (χ3n) is 4.53. The van der Waals surface area contributed by atoms with Crippen LogP contribution < -0.4 is 0 Å². The molecule has 1 unspecified atom stereocenters. The molecule has 1 aliphatic rings. The number of hydrogen-bond donors (Lipinski definition) is 0. The topological polar surface area (TPSA) is 82.3 Å². The van der Waals surface area contributed by atoms with Gasteiger partial charge in [-0.1, -0.05) is 19.3 Å². The highest BCUT2D eigenvalue weighted by Crippen LogP contribution is 2.48. The molecule has 0 saturated heterocycles. The first-order valence-corrected chi connectivity index (χ1v) is 7.79. The maximum Gasteiger partial charge on any atom is 0.312 e. The molecule has 0 aliphatic heterocycles. The highest BCUT2D eigenvalue weighted by atomic mass is 16.6. The first-order valence-electron chi connectivity index (χ1n) is 7.79. The molecule has 0 aromatic carbocycles. The molecule has 1 heterocycles. The third-order valence-corrected chi connectivity index (χ3v) is 4.53. The molecule has 0 spiro atoms. The van der Waals surface area contributed by atoms with Gasteiger partial charge in [-0.2, -0.15) is 0 Å². The molecule has 6 heteroatoms. The van der Waals surface area contributed by atoms with Crippen molar-refractivity contribution in [3.8, 4) is 0 Å². The molecule has 0 N–H and O–H groups in total. The smallest absolute Gasteiger partial charge is 0.312 e. The van der Waals surface area contributed by atoms with Crippen molar-refractivity contribution in [2.75, 3.05) is 13.2 Å². The molecule has 6 nitrogen and oxygen atoms in total. The highest BCUT2D eigenvalue weighted by Gasteiger charge is 2.50. The molecule has 120 valence electrons. The van der Waals surface area contributed by atoms with Gasteiger partial charge in [-0.15, -0.1) is 0 Å². The predicted octanol–water partition coefficient (Wildman–Crippen LogP) is 2.96. The van der Waals surface area contributed by atoms with Crippen LogP contribution in [0.15, 0.2) is 24.5 Å². The van der Waals surface area contributed by atoms with E-state index in [0.29, 0.717) is 19.4 Å². The fourth-order valence-electron chi connectivity index (χ4n) is 3.50. The van der Waals surface area contributed by atoms with Gasteiger partial charge in [-0.05, 0) is 37.5 Å². The van der Waals surface area contributed by atoms with Crippen LogP contribution in [0.25, 0.3) is 0 Å². The summed E-state index contributed by atoms with van der Waals surface area (Å²) in [4.78, 5) is 27.5. The Morgan fingerprint density at radius 2 is 2.00 bits per heavy atom. The van der Waals surface area contributed by atoms with Crippen LogP contribution in [0.1, 0.15) is 50.5 Å². The third kappa shape index (κ3) is 3.43. The number of aromatic nitrogens is 1. The van der Waals surface area contributed by atoms with Crippen LogP contribution in [0.2, 0.25) is 0 Å². The Hall–Kier alpha value is -1.98. The van der Waals surface area contributed by atoms with Gasteiger partial charge in [0.15, 0.2) is 0 Å². The number of carbonyl (C=O) groups is 1. The number of nitrogens with zero attached hydrogens (tertiary/aromatic N) is 2. The molecule has 22 heavy (non-hydrogen) atoms. The lowest BCUT2D eigenvalue weighted by Crippen LogP contribution is -2.43. The van der Waals surface area contributed by atoms with E-state index in [1.54, 1.807) is 31.5 Å². The van der Waals surface area contributed by atoms with Crippen LogP contribution in [-0.4, -0.2) is 29.0 Å². The molecule has 0 amide bonds. The summed E-state index contributed by atoms with van der Waals surface area (Å²) in [5.74, 6) is -0.761. The van der Waals surface area contributed by atoms with Gasteiger partial charge < -0.3 is 4.74 Å². The summed E-state index contributed by atoms with van der Waals surface area (Å²) in [6.07, 6.45) is 7.38. The van der Waals surface area contributed by atoms with Gasteiger partial charge in [0.2, 0.25) is 6.54 Å². The Labute approximate surface area is 130 Å². The summed E-state index contributed by atoms with van der Waals surface area (Å²) in [7, 11) is 0. The quantitative estimate of drug-likeness (QED) is 0.458. The molecule has 1 aromatic rings. The molecule has 1 atom stereocenters. The minimum atomic E-state index is -0.789. The van der Waals surface area contributed by atoms with Crippen molar-refractivity contribution in [1.29, 1.82) is 0 Å². The Morgan fingerprint density at radius 1 is 1.36 bits per heavy atom. The molecule has 1 fully saturated rings. The normalized spacial score (nSPS) is 18.4. The number of ether oxygens (including phenoxy) is 1. The van der Waals surface area contributed by atoms with E-state index in [4.69, 9.17) is 4.74 Å². The zero-order chi connectivity index (χ0) is 16.0. The van der Waals surface area contributed by atoms with Crippen LogP contribution in [0.3, 0.4) is 0 Å². The minimum Gasteiger partial charge on any atom is -0.466 e. The van der Waals surface area contributed by atoms with E-state index in [9.17, 15) is 14.9 Å². The number of pyridine rings is 1. The van der Waals surface area contributed by atoms with E-state index in [1.165, 1.54) is 0 Å². The van der Waals surface area contributed by atoms with E-state index >= 15 is 0 Å². The van der Waals surface area contributed by atoms with Crippen molar-refractivity contribution in [2.24, 2.45) is 5.41 Å². The molecule has 1 saturated carbocycles. The number of carbonyl (C=O) groups excluding carboxylic acids is 1. The first kappa shape index (κ1) is 16.4. The molecule has 1 aromatic heterocycles. The average Bonchev–Trinajstić information content (AvgIpc) is 2.54. The van der Waals surface area contributed by atoms with Gasteiger partial charge in [0.1, 0.15) is 0 Å². The van der Waals surface area contributed by atoms with Crippen molar-refractivity contribution in [3.05, 3.63) is 40.2 Å². The lowest BCUT2D eigenvalue weighted by Gasteiger charge is -2.39. The standard InChI is InChI=1S/C16H22N2O4/c1-2-22-15(19)16(8-4-3-5-9-16)14(12-18(20)21)13-6-10-17-11-7-13/h6-7,10-11,14H,2-5,8-9,12H2,1H3. The second kappa shape index (κ2) is 7.33. The van der Waals surface area contributed by atoms with E-state index in [2.05, 4.69) is 4.98 Å². The molecular weight excluding hydrogens is 284 g/mol. The van der Waals surface area contributed by atoms with Gasteiger partial charge in [-0.3, -0.25) is 19.9 Å². The van der Waals surface area contributed by atoms with Crippen molar-refractivity contribution in [1.82, 2.24) is 4.98 Å². The van der Waals surface area contributed by atoms with Crippen molar-refractivity contribution >= 4 is 5.97 Å². The van der Waals surface area contributed by atoms with Crippen LogP contribution in [0, 0.1) is 15.5 Å². The minimum absolute atomic E-state index is 0.261. The predicted molar refractivity (Wildman–Crippen MR) is 81.0 cm³/mol. The van der Waals surface area contributed by atoms with E-state index < -0.39 is 11.3 Å². The lowest BCUT2D eigenvalue weighted by molar-refractivity contribution is -0.486. The number of hydrogen-bond acceptors (Lipinski definition) is 5. The van der Waals surface area contributed by atoms with Crippen LogP contribution >= 0.6 is 0 Å². The zero-order valence-electron chi connectivity index (χ0n) is 12.9. The number of esters is 1. The number of rotatable bonds is 6. The summed E-state index contributed by atoms with van der Waals surface area (Å²) in [5, 5.41) is 11.2. The molecule has 0 bridgehead atoms. The Morgan fingerprint density at radius 3 is 2.55 bits per heavy atom. The second-order valence-electron chi connectivity index (χ2n) is 5.79. The Bertz CT molecular complexity index is 512. The summed E-state index contributed by atoms with van der Waals surface area (Å²) in [6, 6.07) is 3.54.